The summed E-state index contributed by atoms with van der Waals surface area (Å²) in [5.41, 5.74) is 0.503. The second kappa shape index (κ2) is 8.50. The molecule has 0 aliphatic rings. The summed E-state index contributed by atoms with van der Waals surface area (Å²) in [5.74, 6) is 0. The van der Waals surface area contributed by atoms with Crippen LogP contribution in [-0.2, 0) is 6.18 Å². The molecule has 0 radical (unpaired) electrons. The Bertz CT molecular complexity index is 1380. The number of alkyl halides is 3. The summed E-state index contributed by atoms with van der Waals surface area (Å²) in [7, 11) is 1.63. The van der Waals surface area contributed by atoms with Crippen LogP contribution in [0.1, 0.15) is 29.8 Å². The van der Waals surface area contributed by atoms with Gasteiger partial charge in [-0.25, -0.2) is 0 Å². The molecule has 4 rings (SSSR count). The molecule has 0 saturated carbocycles. The Morgan fingerprint density at radius 3 is 2.52 bits per heavy atom. The summed E-state index contributed by atoms with van der Waals surface area (Å²) in [6.07, 6.45) is -0.278. The maximum Gasteiger partial charge on any atom is 0.418 e. The second-order valence-electron chi connectivity index (χ2n) is 7.01. The number of nitrogens with zero attached hydrogens (tertiary/aromatic N) is 6. The fourth-order valence-corrected chi connectivity index (χ4v) is 3.69. The zero-order valence-corrected chi connectivity index (χ0v) is 18.5. The molecule has 0 spiro atoms. The standard InChI is InChI=1S/C21H13Cl2F3N6O/c1-10(16-18(29-6-5-28-16)14-4-3-11(8-27)9-30-14)32(2)20-31-17-13(22)7-12(21(24,25)26)15(23)19(17)33-20/h3-7,9-10H,1-2H3. The molecule has 0 N–H and O–H groups in total. The van der Waals surface area contributed by atoms with Crippen LogP contribution in [0.5, 0.6) is 0 Å². The summed E-state index contributed by atoms with van der Waals surface area (Å²) >= 11 is 12.0. The highest BCUT2D eigenvalue weighted by Gasteiger charge is 2.36. The Morgan fingerprint density at radius 1 is 1.15 bits per heavy atom. The van der Waals surface area contributed by atoms with Gasteiger partial charge in [-0.1, -0.05) is 23.2 Å². The lowest BCUT2D eigenvalue weighted by Crippen LogP contribution is -2.23. The smallest absolute Gasteiger partial charge is 0.418 e. The van der Waals surface area contributed by atoms with Gasteiger partial charge in [0.2, 0.25) is 0 Å². The fourth-order valence-electron chi connectivity index (χ4n) is 3.16. The highest BCUT2D eigenvalue weighted by molar-refractivity contribution is 6.40. The normalized spacial score (nSPS) is 12.5. The van der Waals surface area contributed by atoms with Crippen molar-refractivity contribution >= 4 is 40.3 Å². The Balaban J connectivity index is 1.75. The van der Waals surface area contributed by atoms with E-state index in [0.29, 0.717) is 22.6 Å². The largest absolute Gasteiger partial charge is 0.422 e. The second-order valence-corrected chi connectivity index (χ2v) is 7.80. The van der Waals surface area contributed by atoms with Crippen LogP contribution in [0, 0.1) is 11.3 Å². The molecule has 0 amide bonds. The van der Waals surface area contributed by atoms with Gasteiger partial charge in [-0.15, -0.1) is 0 Å². The third-order valence-corrected chi connectivity index (χ3v) is 5.66. The van der Waals surface area contributed by atoms with Crippen molar-refractivity contribution in [2.45, 2.75) is 19.1 Å². The molecule has 3 aromatic heterocycles. The van der Waals surface area contributed by atoms with Crippen molar-refractivity contribution in [3.8, 4) is 17.5 Å². The first-order valence-electron chi connectivity index (χ1n) is 9.37. The quantitative estimate of drug-likeness (QED) is 0.341. The molecule has 0 saturated heterocycles. The number of nitriles is 1. The molecule has 4 aromatic rings. The number of pyridine rings is 1. The Hall–Kier alpha value is -3.42. The monoisotopic (exact) mass is 492 g/mol. The first-order chi connectivity index (χ1) is 15.6. The Morgan fingerprint density at radius 2 is 1.88 bits per heavy atom. The van der Waals surface area contributed by atoms with E-state index in [0.717, 1.165) is 6.07 Å². The van der Waals surface area contributed by atoms with Gasteiger partial charge in [0.25, 0.3) is 6.01 Å². The van der Waals surface area contributed by atoms with E-state index in [4.69, 9.17) is 32.9 Å². The van der Waals surface area contributed by atoms with E-state index in [-0.39, 0.29) is 22.1 Å². The first-order valence-corrected chi connectivity index (χ1v) is 10.1. The first kappa shape index (κ1) is 22.8. The van der Waals surface area contributed by atoms with Crippen molar-refractivity contribution < 1.29 is 17.6 Å². The molecular formula is C21H13Cl2F3N6O. The minimum absolute atomic E-state index is 0.00925. The van der Waals surface area contributed by atoms with Crippen LogP contribution < -0.4 is 4.90 Å². The average molecular weight is 493 g/mol. The zero-order chi connectivity index (χ0) is 23.9. The molecule has 0 bridgehead atoms. The molecule has 0 aliphatic carbocycles. The summed E-state index contributed by atoms with van der Waals surface area (Å²) in [6, 6.07) is 5.48. The topological polar surface area (TPSA) is 91.7 Å². The zero-order valence-electron chi connectivity index (χ0n) is 17.0. The minimum Gasteiger partial charge on any atom is -0.422 e. The minimum atomic E-state index is -4.70. The van der Waals surface area contributed by atoms with E-state index in [2.05, 4.69) is 19.9 Å². The Kier molecular flexibility index (Phi) is 5.86. The molecule has 33 heavy (non-hydrogen) atoms. The van der Waals surface area contributed by atoms with E-state index < -0.39 is 22.8 Å². The highest BCUT2D eigenvalue weighted by atomic mass is 35.5. The van der Waals surface area contributed by atoms with Gasteiger partial charge in [0.1, 0.15) is 17.3 Å². The Labute approximate surface area is 195 Å². The van der Waals surface area contributed by atoms with E-state index >= 15 is 0 Å². The van der Waals surface area contributed by atoms with Crippen LogP contribution in [0.25, 0.3) is 22.5 Å². The van der Waals surface area contributed by atoms with Crippen LogP contribution >= 0.6 is 23.2 Å². The van der Waals surface area contributed by atoms with E-state index in [1.54, 1.807) is 31.0 Å². The number of rotatable bonds is 4. The van der Waals surface area contributed by atoms with E-state index in [1.165, 1.54) is 18.6 Å². The number of aromatic nitrogens is 4. The van der Waals surface area contributed by atoms with Gasteiger partial charge in [-0.3, -0.25) is 15.0 Å². The molecular weight excluding hydrogens is 480 g/mol. The van der Waals surface area contributed by atoms with Crippen molar-refractivity contribution in [2.24, 2.45) is 0 Å². The molecule has 1 unspecified atom stereocenters. The van der Waals surface area contributed by atoms with Gasteiger partial charge in [0.15, 0.2) is 5.58 Å². The molecule has 1 atom stereocenters. The van der Waals surface area contributed by atoms with Crippen molar-refractivity contribution in [1.29, 1.82) is 5.26 Å². The van der Waals surface area contributed by atoms with Gasteiger partial charge >= 0.3 is 6.18 Å². The number of halogens is 5. The summed E-state index contributed by atoms with van der Waals surface area (Å²) in [6.45, 7) is 1.79. The molecule has 168 valence electrons. The van der Waals surface area contributed by atoms with Crippen molar-refractivity contribution in [3.05, 3.63) is 63.7 Å². The van der Waals surface area contributed by atoms with E-state index in [1.807, 2.05) is 6.07 Å². The summed E-state index contributed by atoms with van der Waals surface area (Å²) in [5, 5.41) is 8.12. The summed E-state index contributed by atoms with van der Waals surface area (Å²) < 4.78 is 45.4. The van der Waals surface area contributed by atoms with Crippen molar-refractivity contribution in [1.82, 2.24) is 19.9 Å². The number of fused-ring (bicyclic) bond motifs is 1. The van der Waals surface area contributed by atoms with Crippen LogP contribution in [0.3, 0.4) is 0 Å². The van der Waals surface area contributed by atoms with Gasteiger partial charge in [-0.05, 0) is 25.1 Å². The average Bonchev–Trinajstić information content (AvgIpc) is 3.26. The summed E-state index contributed by atoms with van der Waals surface area (Å²) in [4.78, 5) is 18.8. The molecule has 0 aliphatic heterocycles. The van der Waals surface area contributed by atoms with E-state index in [9.17, 15) is 13.2 Å². The van der Waals surface area contributed by atoms with Gasteiger partial charge in [0.05, 0.1) is 38.6 Å². The third-order valence-electron chi connectivity index (χ3n) is 4.99. The molecule has 0 fully saturated rings. The number of hydrogen-bond donors (Lipinski definition) is 0. The molecule has 3 heterocycles. The van der Waals surface area contributed by atoms with Crippen LogP contribution in [0.15, 0.2) is 41.2 Å². The van der Waals surface area contributed by atoms with Gasteiger partial charge in [0, 0.05) is 25.6 Å². The lowest BCUT2D eigenvalue weighted by atomic mass is 10.1. The molecule has 7 nitrogen and oxygen atoms in total. The van der Waals surface area contributed by atoms with Crippen molar-refractivity contribution in [2.75, 3.05) is 11.9 Å². The van der Waals surface area contributed by atoms with Gasteiger partial charge < -0.3 is 9.32 Å². The van der Waals surface area contributed by atoms with Crippen LogP contribution in [-0.4, -0.2) is 27.0 Å². The maximum atomic E-state index is 13.3. The maximum absolute atomic E-state index is 13.3. The van der Waals surface area contributed by atoms with Gasteiger partial charge in [-0.2, -0.15) is 23.4 Å². The van der Waals surface area contributed by atoms with Crippen LogP contribution in [0.2, 0.25) is 10.0 Å². The lowest BCUT2D eigenvalue weighted by molar-refractivity contribution is -0.137. The van der Waals surface area contributed by atoms with Crippen molar-refractivity contribution in [3.63, 3.8) is 0 Å². The number of anilines is 1. The SMILES string of the molecule is CC(c1nccnc1-c1ccc(C#N)cn1)N(C)c1nc2c(Cl)cc(C(F)(F)F)c(Cl)c2o1. The number of benzene rings is 1. The third kappa shape index (κ3) is 4.17. The predicted octanol–water partition coefficient (Wildman–Crippen LogP) is 6.07. The number of hydrogen-bond acceptors (Lipinski definition) is 7. The fraction of sp³-hybridized carbons (Fsp3) is 0.190. The molecule has 12 heteroatoms. The lowest BCUT2D eigenvalue weighted by Gasteiger charge is -2.23. The van der Waals surface area contributed by atoms with Crippen LogP contribution in [0.4, 0.5) is 19.2 Å². The predicted molar refractivity (Wildman–Crippen MR) is 116 cm³/mol. The highest BCUT2D eigenvalue weighted by Crippen LogP contribution is 2.43. The molecule has 1 aromatic carbocycles. The number of oxazole rings is 1.